The van der Waals surface area contributed by atoms with Crippen molar-refractivity contribution in [2.75, 3.05) is 13.2 Å². The molecule has 1 aromatic carbocycles. The standard InChI is InChI=1S/C20H29NO5S/c1-14(2)12-21-18(22)13-26-19(23)20(9-5-6-10-20)27(24,25)17-11-15(3)7-8-16(17)4/h7-8,11,14H,5-6,9-10,12-13H2,1-4H3,(H,21,22). The molecule has 0 aromatic heterocycles. The molecule has 0 bridgehead atoms. The Morgan fingerprint density at radius 1 is 1.19 bits per heavy atom. The Morgan fingerprint density at radius 2 is 1.81 bits per heavy atom. The summed E-state index contributed by atoms with van der Waals surface area (Å²) in [6.07, 6.45) is 1.71. The van der Waals surface area contributed by atoms with Crippen molar-refractivity contribution in [3.63, 3.8) is 0 Å². The Hall–Kier alpha value is -1.89. The summed E-state index contributed by atoms with van der Waals surface area (Å²) in [6, 6.07) is 5.19. The van der Waals surface area contributed by atoms with E-state index in [-0.39, 0.29) is 23.7 Å². The molecule has 0 atom stereocenters. The van der Waals surface area contributed by atoms with Gasteiger partial charge < -0.3 is 10.1 Å². The molecule has 27 heavy (non-hydrogen) atoms. The van der Waals surface area contributed by atoms with Gasteiger partial charge in [0.1, 0.15) is 0 Å². The highest BCUT2D eigenvalue weighted by molar-refractivity contribution is 7.93. The maximum absolute atomic E-state index is 13.4. The van der Waals surface area contributed by atoms with Gasteiger partial charge in [-0.25, -0.2) is 8.42 Å². The largest absolute Gasteiger partial charge is 0.454 e. The Labute approximate surface area is 161 Å². The third-order valence-corrected chi connectivity index (χ3v) is 7.60. The summed E-state index contributed by atoms with van der Waals surface area (Å²) in [7, 11) is -3.93. The number of nitrogens with one attached hydrogen (secondary N) is 1. The Balaban J connectivity index is 2.25. The molecule has 6 nitrogen and oxygen atoms in total. The van der Waals surface area contributed by atoms with E-state index >= 15 is 0 Å². The normalized spacial score (nSPS) is 16.3. The van der Waals surface area contributed by atoms with Crippen LogP contribution < -0.4 is 5.32 Å². The fourth-order valence-corrected chi connectivity index (χ4v) is 5.73. The summed E-state index contributed by atoms with van der Waals surface area (Å²) in [5.41, 5.74) is 1.42. The zero-order valence-electron chi connectivity index (χ0n) is 16.5. The van der Waals surface area contributed by atoms with Gasteiger partial charge in [0.15, 0.2) is 21.2 Å². The van der Waals surface area contributed by atoms with E-state index in [0.717, 1.165) is 5.56 Å². The van der Waals surface area contributed by atoms with Gasteiger partial charge in [-0.05, 0) is 49.8 Å². The SMILES string of the molecule is Cc1ccc(C)c(S(=O)(=O)C2(C(=O)OCC(=O)NCC(C)C)CCCC2)c1. The van der Waals surface area contributed by atoms with Crippen LogP contribution in [0.1, 0.15) is 50.7 Å². The van der Waals surface area contributed by atoms with Crippen molar-refractivity contribution in [3.05, 3.63) is 29.3 Å². The van der Waals surface area contributed by atoms with Gasteiger partial charge in [-0.15, -0.1) is 0 Å². The molecule has 2 rings (SSSR count). The van der Waals surface area contributed by atoms with Crippen LogP contribution in [0.4, 0.5) is 0 Å². The lowest BCUT2D eigenvalue weighted by atomic mass is 10.1. The fraction of sp³-hybridized carbons (Fsp3) is 0.600. The number of amides is 1. The van der Waals surface area contributed by atoms with Gasteiger partial charge in [0.2, 0.25) is 0 Å². The molecule has 1 saturated carbocycles. The molecule has 0 spiro atoms. The number of hydrogen-bond acceptors (Lipinski definition) is 5. The first kappa shape index (κ1) is 21.4. The van der Waals surface area contributed by atoms with Crippen molar-refractivity contribution in [2.45, 2.75) is 63.0 Å². The number of carbonyl (C=O) groups is 2. The molecule has 1 fully saturated rings. The maximum Gasteiger partial charge on any atom is 0.328 e. The fourth-order valence-electron chi connectivity index (χ4n) is 3.37. The van der Waals surface area contributed by atoms with Crippen LogP contribution in [0.2, 0.25) is 0 Å². The van der Waals surface area contributed by atoms with Crippen molar-refractivity contribution >= 4 is 21.7 Å². The second-order valence-electron chi connectivity index (χ2n) is 7.75. The van der Waals surface area contributed by atoms with Gasteiger partial charge in [-0.2, -0.15) is 0 Å². The molecule has 1 aliphatic carbocycles. The van der Waals surface area contributed by atoms with E-state index in [2.05, 4.69) is 5.32 Å². The van der Waals surface area contributed by atoms with Gasteiger partial charge in [-0.1, -0.05) is 38.8 Å². The smallest absolute Gasteiger partial charge is 0.328 e. The average molecular weight is 396 g/mol. The van der Waals surface area contributed by atoms with Crippen molar-refractivity contribution < 1.29 is 22.7 Å². The number of ether oxygens (including phenoxy) is 1. The molecule has 1 aliphatic rings. The molecule has 0 aliphatic heterocycles. The van der Waals surface area contributed by atoms with Crippen LogP contribution in [0, 0.1) is 19.8 Å². The van der Waals surface area contributed by atoms with E-state index in [9.17, 15) is 18.0 Å². The summed E-state index contributed by atoms with van der Waals surface area (Å²) in [5.74, 6) is -0.967. The third kappa shape index (κ3) is 4.51. The van der Waals surface area contributed by atoms with Crippen molar-refractivity contribution in [3.8, 4) is 0 Å². The number of sulfone groups is 1. The lowest BCUT2D eigenvalue weighted by Crippen LogP contribution is -2.46. The number of esters is 1. The summed E-state index contributed by atoms with van der Waals surface area (Å²) < 4.78 is 30.4. The van der Waals surface area contributed by atoms with Crippen LogP contribution in [-0.4, -0.2) is 38.2 Å². The number of rotatable bonds is 7. The van der Waals surface area contributed by atoms with Gasteiger partial charge in [0, 0.05) is 6.54 Å². The number of aryl methyl sites for hydroxylation is 2. The maximum atomic E-state index is 13.4. The summed E-state index contributed by atoms with van der Waals surface area (Å²) in [5, 5.41) is 2.66. The predicted octanol–water partition coefficient (Wildman–Crippen LogP) is 2.71. The third-order valence-electron chi connectivity index (χ3n) is 4.97. The minimum Gasteiger partial charge on any atom is -0.454 e. The van der Waals surface area contributed by atoms with E-state index in [1.807, 2.05) is 26.8 Å². The molecular weight excluding hydrogens is 366 g/mol. The summed E-state index contributed by atoms with van der Waals surface area (Å²) >= 11 is 0. The minimum atomic E-state index is -3.93. The molecule has 0 radical (unpaired) electrons. The lowest BCUT2D eigenvalue weighted by molar-refractivity contribution is -0.151. The van der Waals surface area contributed by atoms with E-state index in [1.54, 1.807) is 19.1 Å². The van der Waals surface area contributed by atoms with Gasteiger partial charge in [-0.3, -0.25) is 9.59 Å². The van der Waals surface area contributed by atoms with Crippen molar-refractivity contribution in [1.29, 1.82) is 0 Å². The Kier molecular flexibility index (Phi) is 6.68. The molecule has 0 heterocycles. The molecule has 1 aromatic rings. The molecule has 0 unspecified atom stereocenters. The molecular formula is C20H29NO5S. The minimum absolute atomic E-state index is 0.172. The Morgan fingerprint density at radius 3 is 2.41 bits per heavy atom. The summed E-state index contributed by atoms with van der Waals surface area (Å²) in [4.78, 5) is 24.9. The van der Waals surface area contributed by atoms with Crippen molar-refractivity contribution in [2.24, 2.45) is 5.92 Å². The second kappa shape index (κ2) is 8.42. The van der Waals surface area contributed by atoms with Crippen LogP contribution in [-0.2, 0) is 24.2 Å². The first-order valence-corrected chi connectivity index (χ1v) is 10.8. The zero-order valence-corrected chi connectivity index (χ0v) is 17.3. The highest BCUT2D eigenvalue weighted by atomic mass is 32.2. The quantitative estimate of drug-likeness (QED) is 0.717. The van der Waals surface area contributed by atoms with Gasteiger partial charge in [0.25, 0.3) is 5.91 Å². The first-order valence-electron chi connectivity index (χ1n) is 9.36. The van der Waals surface area contributed by atoms with E-state index in [0.29, 0.717) is 24.9 Å². The lowest BCUT2D eigenvalue weighted by Gasteiger charge is -2.27. The first-order chi connectivity index (χ1) is 12.6. The van der Waals surface area contributed by atoms with Crippen molar-refractivity contribution in [1.82, 2.24) is 5.32 Å². The highest BCUT2D eigenvalue weighted by Crippen LogP contribution is 2.42. The summed E-state index contributed by atoms with van der Waals surface area (Å²) in [6.45, 7) is 7.46. The molecule has 7 heteroatoms. The monoisotopic (exact) mass is 395 g/mol. The van der Waals surface area contributed by atoms with E-state index < -0.39 is 33.1 Å². The molecule has 1 N–H and O–H groups in total. The number of carbonyl (C=O) groups excluding carboxylic acids is 2. The molecule has 150 valence electrons. The predicted molar refractivity (Wildman–Crippen MR) is 103 cm³/mol. The highest BCUT2D eigenvalue weighted by Gasteiger charge is 2.54. The van der Waals surface area contributed by atoms with Gasteiger partial charge in [0.05, 0.1) is 4.90 Å². The second-order valence-corrected chi connectivity index (χ2v) is 9.98. The van der Waals surface area contributed by atoms with Crippen LogP contribution in [0.25, 0.3) is 0 Å². The molecule has 1 amide bonds. The Bertz CT molecular complexity index is 808. The van der Waals surface area contributed by atoms with Crippen LogP contribution >= 0.6 is 0 Å². The zero-order chi connectivity index (χ0) is 20.2. The topological polar surface area (TPSA) is 89.5 Å². The number of hydrogen-bond donors (Lipinski definition) is 1. The molecule has 0 saturated heterocycles. The van der Waals surface area contributed by atoms with Crippen LogP contribution in [0.5, 0.6) is 0 Å². The van der Waals surface area contributed by atoms with Gasteiger partial charge >= 0.3 is 5.97 Å². The van der Waals surface area contributed by atoms with E-state index in [1.165, 1.54) is 0 Å². The van der Waals surface area contributed by atoms with Crippen LogP contribution in [0.15, 0.2) is 23.1 Å². The average Bonchev–Trinajstić information content (AvgIpc) is 3.11. The van der Waals surface area contributed by atoms with Crippen LogP contribution in [0.3, 0.4) is 0 Å². The van der Waals surface area contributed by atoms with E-state index in [4.69, 9.17) is 4.74 Å². The number of benzene rings is 1.